The predicted octanol–water partition coefficient (Wildman–Crippen LogP) is 4.55. The number of fused-ring (bicyclic) bond motifs is 1. The second-order valence-corrected chi connectivity index (χ2v) is 11.4. The summed E-state index contributed by atoms with van der Waals surface area (Å²) in [6, 6.07) is 13.4. The van der Waals surface area contributed by atoms with Crippen molar-refractivity contribution in [2.24, 2.45) is 0 Å². The molecule has 176 valence electrons. The first-order chi connectivity index (χ1) is 15.9. The molecule has 2 unspecified atom stereocenters. The number of nitrogens with zero attached hydrogens (tertiary/aromatic N) is 2. The van der Waals surface area contributed by atoms with E-state index in [1.165, 1.54) is 24.3 Å². The van der Waals surface area contributed by atoms with E-state index in [4.69, 9.17) is 4.74 Å². The number of aryl methyl sites for hydroxylation is 1. The molecular formula is C26H32N2O4S. The summed E-state index contributed by atoms with van der Waals surface area (Å²) in [6.07, 6.45) is 6.59. The van der Waals surface area contributed by atoms with E-state index >= 15 is 0 Å². The average molecular weight is 469 g/mol. The maximum Gasteiger partial charge on any atom is 0.254 e. The van der Waals surface area contributed by atoms with Gasteiger partial charge in [0.2, 0.25) is 10.0 Å². The van der Waals surface area contributed by atoms with Crippen LogP contribution in [-0.4, -0.2) is 49.3 Å². The van der Waals surface area contributed by atoms with Gasteiger partial charge in [-0.05, 0) is 74.8 Å². The summed E-state index contributed by atoms with van der Waals surface area (Å²) in [5.41, 5.74) is 2.94. The molecule has 2 atom stereocenters. The van der Waals surface area contributed by atoms with E-state index in [1.54, 1.807) is 16.4 Å². The minimum atomic E-state index is -3.77. The molecule has 0 bridgehead atoms. The fourth-order valence-corrected chi connectivity index (χ4v) is 7.34. The molecule has 1 aliphatic heterocycles. The number of hydrogen-bond donors (Lipinski definition) is 0. The van der Waals surface area contributed by atoms with Gasteiger partial charge in [-0.15, -0.1) is 0 Å². The van der Waals surface area contributed by atoms with Crippen LogP contribution in [0.4, 0.5) is 0 Å². The Morgan fingerprint density at radius 1 is 1.06 bits per heavy atom. The van der Waals surface area contributed by atoms with Crippen molar-refractivity contribution in [2.45, 2.75) is 74.9 Å². The van der Waals surface area contributed by atoms with Crippen LogP contribution < -0.4 is 4.74 Å². The van der Waals surface area contributed by atoms with Crippen LogP contribution in [-0.2, 0) is 16.4 Å². The van der Waals surface area contributed by atoms with Gasteiger partial charge in [0.25, 0.3) is 5.91 Å². The third-order valence-electron chi connectivity index (χ3n) is 7.35. The van der Waals surface area contributed by atoms with Crippen molar-refractivity contribution in [1.29, 1.82) is 0 Å². The van der Waals surface area contributed by atoms with E-state index in [2.05, 4.69) is 12.1 Å². The molecule has 2 aromatic carbocycles. The largest absolute Gasteiger partial charge is 0.495 e. The van der Waals surface area contributed by atoms with Crippen LogP contribution in [0.25, 0.3) is 0 Å². The molecule has 3 aliphatic rings. The Balaban J connectivity index is 1.51. The maximum absolute atomic E-state index is 13.8. The zero-order valence-electron chi connectivity index (χ0n) is 19.4. The summed E-state index contributed by atoms with van der Waals surface area (Å²) in [4.78, 5) is 15.9. The highest BCUT2D eigenvalue weighted by molar-refractivity contribution is 7.89. The van der Waals surface area contributed by atoms with Gasteiger partial charge in [0, 0.05) is 24.2 Å². The zero-order chi connectivity index (χ0) is 23.2. The molecule has 5 rings (SSSR count). The first kappa shape index (κ1) is 22.4. The number of piperidine rings is 1. The molecule has 1 amide bonds. The molecule has 0 spiro atoms. The van der Waals surface area contributed by atoms with Gasteiger partial charge >= 0.3 is 0 Å². The number of ether oxygens (including phenoxy) is 1. The van der Waals surface area contributed by atoms with Gasteiger partial charge in [-0.2, -0.15) is 4.31 Å². The van der Waals surface area contributed by atoms with Crippen molar-refractivity contribution in [3.05, 3.63) is 59.2 Å². The SMILES string of the molecule is COc1ccc(C(=O)N(C2CC2)C2CCc3ccccc32)cc1S(=O)(=O)N1CCCCC1C. The van der Waals surface area contributed by atoms with Crippen LogP contribution >= 0.6 is 0 Å². The highest BCUT2D eigenvalue weighted by atomic mass is 32.2. The molecule has 2 aliphatic carbocycles. The number of carbonyl (C=O) groups is 1. The van der Waals surface area contributed by atoms with Gasteiger partial charge in [0.1, 0.15) is 10.6 Å². The number of methoxy groups -OCH3 is 1. The van der Waals surface area contributed by atoms with Crippen molar-refractivity contribution in [2.75, 3.05) is 13.7 Å². The number of hydrogen-bond acceptors (Lipinski definition) is 4. The Morgan fingerprint density at radius 2 is 1.85 bits per heavy atom. The Morgan fingerprint density at radius 3 is 2.58 bits per heavy atom. The molecule has 2 fully saturated rings. The van der Waals surface area contributed by atoms with Gasteiger partial charge in [-0.3, -0.25) is 4.79 Å². The molecule has 1 saturated heterocycles. The minimum absolute atomic E-state index is 0.0467. The lowest BCUT2D eigenvalue weighted by Gasteiger charge is -2.33. The van der Waals surface area contributed by atoms with E-state index in [0.717, 1.165) is 44.9 Å². The molecule has 2 aromatic rings. The maximum atomic E-state index is 13.8. The molecule has 1 saturated carbocycles. The van der Waals surface area contributed by atoms with Crippen LogP contribution in [0.2, 0.25) is 0 Å². The molecular weight excluding hydrogens is 436 g/mol. The van der Waals surface area contributed by atoms with Crippen molar-refractivity contribution < 1.29 is 17.9 Å². The third kappa shape index (κ3) is 4.06. The standard InChI is InChI=1S/C26H32N2O4S/c1-18-7-5-6-16-27(18)33(30,31)25-17-20(11-15-24(25)32-2)26(29)28(21-12-13-21)23-14-10-19-8-3-4-9-22(19)23/h3-4,8-9,11,15,17-18,21,23H,5-7,10,12-14,16H2,1-2H3. The summed E-state index contributed by atoms with van der Waals surface area (Å²) >= 11 is 0. The predicted molar refractivity (Wildman–Crippen MR) is 127 cm³/mol. The van der Waals surface area contributed by atoms with Crippen LogP contribution in [0.15, 0.2) is 47.4 Å². The van der Waals surface area contributed by atoms with Gasteiger partial charge in [0.05, 0.1) is 13.2 Å². The highest BCUT2D eigenvalue weighted by Crippen LogP contribution is 2.43. The lowest BCUT2D eigenvalue weighted by atomic mass is 10.1. The van der Waals surface area contributed by atoms with Crippen molar-refractivity contribution in [3.63, 3.8) is 0 Å². The minimum Gasteiger partial charge on any atom is -0.495 e. The van der Waals surface area contributed by atoms with Crippen molar-refractivity contribution >= 4 is 15.9 Å². The zero-order valence-corrected chi connectivity index (χ0v) is 20.2. The number of rotatable bonds is 6. The van der Waals surface area contributed by atoms with Crippen LogP contribution in [0.3, 0.4) is 0 Å². The summed E-state index contributed by atoms with van der Waals surface area (Å²) in [7, 11) is -2.30. The fraction of sp³-hybridized carbons (Fsp3) is 0.500. The number of amides is 1. The number of sulfonamides is 1. The molecule has 1 heterocycles. The fourth-order valence-electron chi connectivity index (χ4n) is 5.45. The average Bonchev–Trinajstić information content (AvgIpc) is 3.58. The second kappa shape index (κ2) is 8.76. The second-order valence-electron chi connectivity index (χ2n) is 9.52. The first-order valence-corrected chi connectivity index (χ1v) is 13.5. The van der Waals surface area contributed by atoms with Crippen LogP contribution in [0.5, 0.6) is 5.75 Å². The Hall–Kier alpha value is -2.38. The molecule has 6 nitrogen and oxygen atoms in total. The lowest BCUT2D eigenvalue weighted by molar-refractivity contribution is 0.0658. The Labute approximate surface area is 196 Å². The number of carbonyl (C=O) groups excluding carboxylic acids is 1. The third-order valence-corrected chi connectivity index (χ3v) is 9.39. The van der Waals surface area contributed by atoms with E-state index in [-0.39, 0.29) is 34.7 Å². The van der Waals surface area contributed by atoms with Gasteiger partial charge in [-0.1, -0.05) is 30.7 Å². The topological polar surface area (TPSA) is 66.9 Å². The van der Waals surface area contributed by atoms with Crippen molar-refractivity contribution in [1.82, 2.24) is 9.21 Å². The normalized spacial score (nSPS) is 23.2. The highest BCUT2D eigenvalue weighted by Gasteiger charge is 2.41. The van der Waals surface area contributed by atoms with E-state index in [9.17, 15) is 13.2 Å². The van der Waals surface area contributed by atoms with E-state index in [1.807, 2.05) is 24.0 Å². The summed E-state index contributed by atoms with van der Waals surface area (Å²) in [6.45, 7) is 2.45. The molecule has 0 N–H and O–H groups in total. The first-order valence-electron chi connectivity index (χ1n) is 12.0. The number of benzene rings is 2. The Bertz CT molecular complexity index is 1160. The smallest absolute Gasteiger partial charge is 0.254 e. The van der Waals surface area contributed by atoms with E-state index < -0.39 is 10.0 Å². The summed E-state index contributed by atoms with van der Waals surface area (Å²) < 4.78 is 34.2. The van der Waals surface area contributed by atoms with Crippen LogP contribution in [0.1, 0.15) is 73.0 Å². The van der Waals surface area contributed by atoms with E-state index in [0.29, 0.717) is 12.1 Å². The van der Waals surface area contributed by atoms with Crippen LogP contribution in [0, 0.1) is 0 Å². The van der Waals surface area contributed by atoms with Gasteiger partial charge in [-0.25, -0.2) is 8.42 Å². The molecule has 0 radical (unpaired) electrons. The summed E-state index contributed by atoms with van der Waals surface area (Å²) in [5, 5.41) is 0. The quantitative estimate of drug-likeness (QED) is 0.624. The molecule has 0 aromatic heterocycles. The summed E-state index contributed by atoms with van der Waals surface area (Å²) in [5.74, 6) is 0.193. The molecule has 33 heavy (non-hydrogen) atoms. The molecule has 7 heteroatoms. The lowest BCUT2D eigenvalue weighted by Crippen LogP contribution is -2.42. The van der Waals surface area contributed by atoms with Gasteiger partial charge < -0.3 is 9.64 Å². The van der Waals surface area contributed by atoms with Gasteiger partial charge in [0.15, 0.2) is 0 Å². The Kier molecular flexibility index (Phi) is 5.95. The van der Waals surface area contributed by atoms with Crippen molar-refractivity contribution in [3.8, 4) is 5.75 Å². The monoisotopic (exact) mass is 468 g/mol.